The van der Waals surface area contributed by atoms with E-state index in [0.29, 0.717) is 24.5 Å². The van der Waals surface area contributed by atoms with Crippen LogP contribution >= 0.6 is 11.6 Å². The monoisotopic (exact) mass is 808 g/mol. The van der Waals surface area contributed by atoms with Gasteiger partial charge in [-0.3, -0.25) is 14.4 Å². The Morgan fingerprint density at radius 2 is 1.84 bits per heavy atom. The van der Waals surface area contributed by atoms with Crippen LogP contribution in [0.4, 0.5) is 10.5 Å². The van der Waals surface area contributed by atoms with E-state index in [2.05, 4.69) is 52.7 Å². The van der Waals surface area contributed by atoms with E-state index < -0.39 is 22.2 Å². The number of halogens is 1. The molecule has 12 heteroatoms. The summed E-state index contributed by atoms with van der Waals surface area (Å²) in [6.07, 6.45) is 9.07. The van der Waals surface area contributed by atoms with Gasteiger partial charge in [0.25, 0.3) is 5.91 Å². The summed E-state index contributed by atoms with van der Waals surface area (Å²) >= 11 is 6.51. The Hall–Kier alpha value is -3.12. The third-order valence-corrected chi connectivity index (χ3v) is 14.7. The minimum atomic E-state index is -1.58. The summed E-state index contributed by atoms with van der Waals surface area (Å²) in [7, 11) is 0.277. The highest BCUT2D eigenvalue weighted by Crippen LogP contribution is 2.49. The molecule has 0 aromatic heterocycles. The lowest BCUT2D eigenvalue weighted by molar-refractivity contribution is -0.152. The van der Waals surface area contributed by atoms with Crippen LogP contribution in [0.25, 0.3) is 0 Å². The first kappa shape index (κ1) is 41.1. The van der Waals surface area contributed by atoms with Crippen molar-refractivity contribution in [3.05, 3.63) is 70.3 Å². The van der Waals surface area contributed by atoms with Gasteiger partial charge >= 0.3 is 6.09 Å². The van der Waals surface area contributed by atoms with Crippen LogP contribution in [0.5, 0.6) is 5.75 Å². The van der Waals surface area contributed by atoms with E-state index in [9.17, 15) is 13.8 Å². The summed E-state index contributed by atoms with van der Waals surface area (Å²) in [5, 5.41) is 0.480. The molecule has 3 fully saturated rings. The number of allylic oxidation sites excluding steroid dienone is 1. The fraction of sp³-hybridized carbons (Fsp3) is 0.636. The topological polar surface area (TPSA) is 101 Å². The highest BCUT2D eigenvalue weighted by Gasteiger charge is 2.57. The predicted octanol–water partition coefficient (Wildman–Crippen LogP) is 7.62. The third kappa shape index (κ3) is 8.52. The number of hydrogen-bond donors (Lipinski definition) is 1. The van der Waals surface area contributed by atoms with Crippen LogP contribution in [0, 0.1) is 23.2 Å². The van der Waals surface area contributed by atoms with Gasteiger partial charge < -0.3 is 24.0 Å². The Morgan fingerprint density at radius 3 is 2.52 bits per heavy atom. The van der Waals surface area contributed by atoms with Crippen LogP contribution in [0.3, 0.4) is 0 Å². The lowest BCUT2D eigenvalue weighted by Crippen LogP contribution is -2.74. The van der Waals surface area contributed by atoms with Crippen molar-refractivity contribution in [2.75, 3.05) is 64.4 Å². The number of methoxy groups -OCH3 is 1. The zero-order valence-corrected chi connectivity index (χ0v) is 35.8. The molecule has 2 amide bonds. The van der Waals surface area contributed by atoms with Crippen LogP contribution in [-0.2, 0) is 26.9 Å². The molecule has 4 heterocycles. The summed E-state index contributed by atoms with van der Waals surface area (Å²) in [5.41, 5.74) is 2.93. The quantitative estimate of drug-likeness (QED) is 0.298. The number of amides is 2. The number of aryl methyl sites for hydroxylation is 1. The van der Waals surface area contributed by atoms with Crippen LogP contribution in [-0.4, -0.2) is 102 Å². The Labute approximate surface area is 341 Å². The SMILES string of the molecule is CCCc1cc(Cl)ccc1C1COc2ccc3cc2N(C1)CC1CCC1C(CN1CC2(C1)CN(C(=O)OC(C)(C)C)C2)(OC)/C=C/CC(C)C(C)S(=O)NC3=O. The minimum Gasteiger partial charge on any atom is -0.491 e. The summed E-state index contributed by atoms with van der Waals surface area (Å²) in [4.78, 5) is 33.1. The molecule has 7 atom stereocenters. The number of ether oxygens (including phenoxy) is 3. The van der Waals surface area contributed by atoms with E-state index in [1.807, 2.05) is 57.9 Å². The van der Waals surface area contributed by atoms with Crippen molar-refractivity contribution < 1.29 is 28.0 Å². The number of nitrogens with zero attached hydrogens (tertiary/aromatic N) is 3. The zero-order valence-electron chi connectivity index (χ0n) is 34.3. The van der Waals surface area contributed by atoms with E-state index in [0.717, 1.165) is 88.0 Å². The number of nitrogens with one attached hydrogen (secondary N) is 1. The van der Waals surface area contributed by atoms with Crippen LogP contribution in [0.15, 0.2) is 48.6 Å². The molecule has 2 aromatic rings. The Balaban J connectivity index is 1.18. The molecular weight excluding hydrogens is 748 g/mol. The maximum Gasteiger partial charge on any atom is 0.410 e. The standard InChI is InChI=1S/C44H61ClN4O6S/c1-8-10-31-19-35(45)14-15-36(31)34-22-48-21-33-12-16-37(33)44(53-7,28-47-24-43(25-47)26-49(27-43)41(51)55-42(4,5)6)18-9-11-29(2)30(3)56(52)46-40(50)32-13-17-39(54-23-34)38(48)20-32/h9,13-15,17-20,29-30,33-34,37H,8,10-12,16,21-28H2,1-7H3,(H,46,50)/b18-9+. The molecule has 7 unspecified atom stereocenters. The van der Waals surface area contributed by atoms with E-state index in [1.165, 1.54) is 11.1 Å². The van der Waals surface area contributed by atoms with Crippen LogP contribution in [0.2, 0.25) is 5.02 Å². The maximum atomic E-state index is 13.6. The van der Waals surface area contributed by atoms with Gasteiger partial charge in [-0.25, -0.2) is 9.00 Å². The number of carbonyl (C=O) groups is 2. The van der Waals surface area contributed by atoms with Crippen molar-refractivity contribution in [3.8, 4) is 5.75 Å². The lowest BCUT2D eigenvalue weighted by atomic mass is 9.63. The smallest absolute Gasteiger partial charge is 0.410 e. The molecule has 1 saturated carbocycles. The Bertz CT molecular complexity index is 1840. The predicted molar refractivity (Wildman–Crippen MR) is 223 cm³/mol. The highest BCUT2D eigenvalue weighted by atomic mass is 35.5. The second-order valence-electron chi connectivity index (χ2n) is 18.3. The average molecular weight is 810 g/mol. The van der Waals surface area contributed by atoms with Crippen LogP contribution in [0.1, 0.15) is 94.6 Å². The third-order valence-electron chi connectivity index (χ3n) is 12.9. The first-order valence-electron chi connectivity index (χ1n) is 20.6. The molecule has 0 radical (unpaired) electrons. The Morgan fingerprint density at radius 1 is 1.07 bits per heavy atom. The normalized spacial score (nSPS) is 31.1. The molecular formula is C44H61ClN4O6S. The molecule has 2 saturated heterocycles. The first-order valence-corrected chi connectivity index (χ1v) is 22.2. The fourth-order valence-electron chi connectivity index (χ4n) is 9.66. The first-order chi connectivity index (χ1) is 26.6. The molecule has 10 nitrogen and oxygen atoms in total. The van der Waals surface area contributed by atoms with E-state index >= 15 is 0 Å². The second kappa shape index (κ2) is 16.3. The molecule has 306 valence electrons. The van der Waals surface area contributed by atoms with Crippen molar-refractivity contribution in [2.45, 2.75) is 96.0 Å². The van der Waals surface area contributed by atoms with Gasteiger partial charge in [-0.05, 0) is 113 Å². The van der Waals surface area contributed by atoms with Gasteiger partial charge in [0.2, 0.25) is 0 Å². The van der Waals surface area contributed by atoms with Crippen molar-refractivity contribution in [1.82, 2.24) is 14.5 Å². The largest absolute Gasteiger partial charge is 0.491 e. The number of rotatable bonds is 6. The molecule has 5 aliphatic rings. The second-order valence-corrected chi connectivity index (χ2v) is 20.3. The molecule has 1 spiro atoms. The molecule has 2 aromatic carbocycles. The fourth-order valence-corrected chi connectivity index (χ4v) is 10.9. The number of fused-ring (bicyclic) bond motifs is 2. The van der Waals surface area contributed by atoms with Gasteiger partial charge in [-0.15, -0.1) is 0 Å². The summed E-state index contributed by atoms with van der Waals surface area (Å²) in [5.74, 6) is 1.15. The summed E-state index contributed by atoms with van der Waals surface area (Å²) in [6, 6.07) is 11.8. The Kier molecular flexibility index (Phi) is 11.9. The van der Waals surface area contributed by atoms with Crippen molar-refractivity contribution >= 4 is 40.3 Å². The molecule has 56 heavy (non-hydrogen) atoms. The number of benzene rings is 2. The highest BCUT2D eigenvalue weighted by molar-refractivity contribution is 7.84. The zero-order chi connectivity index (χ0) is 40.0. The van der Waals surface area contributed by atoms with E-state index in [1.54, 1.807) is 6.07 Å². The number of anilines is 1. The molecule has 7 rings (SSSR count). The summed E-state index contributed by atoms with van der Waals surface area (Å²) < 4.78 is 35.3. The average Bonchev–Trinajstić information content (AvgIpc) is 3.27. The molecule has 1 N–H and O–H groups in total. The molecule has 2 bridgehead atoms. The number of carbonyl (C=O) groups excluding carboxylic acids is 2. The van der Waals surface area contributed by atoms with Crippen molar-refractivity contribution in [1.29, 1.82) is 0 Å². The van der Waals surface area contributed by atoms with Gasteiger partial charge in [-0.1, -0.05) is 50.1 Å². The van der Waals surface area contributed by atoms with Crippen molar-refractivity contribution in [2.24, 2.45) is 23.2 Å². The molecule has 1 aliphatic carbocycles. The van der Waals surface area contributed by atoms with Crippen molar-refractivity contribution in [3.63, 3.8) is 0 Å². The number of hydrogen-bond acceptors (Lipinski definition) is 8. The lowest BCUT2D eigenvalue weighted by Gasteiger charge is -2.62. The van der Waals surface area contributed by atoms with Gasteiger partial charge in [0, 0.05) is 74.8 Å². The molecule has 4 aliphatic heterocycles. The number of likely N-dealkylation sites (tertiary alicyclic amines) is 2. The van der Waals surface area contributed by atoms with Crippen LogP contribution < -0.4 is 14.4 Å². The van der Waals surface area contributed by atoms with Gasteiger partial charge in [0.15, 0.2) is 0 Å². The van der Waals surface area contributed by atoms with E-state index in [-0.39, 0.29) is 40.4 Å². The maximum absolute atomic E-state index is 13.6. The van der Waals surface area contributed by atoms with E-state index in [4.69, 9.17) is 25.8 Å². The van der Waals surface area contributed by atoms with Gasteiger partial charge in [-0.2, -0.15) is 0 Å². The van der Waals surface area contributed by atoms with Gasteiger partial charge in [0.05, 0.1) is 17.5 Å². The summed E-state index contributed by atoms with van der Waals surface area (Å²) in [6.45, 7) is 18.0. The van der Waals surface area contributed by atoms with Gasteiger partial charge in [0.1, 0.15) is 27.9 Å². The minimum absolute atomic E-state index is 0.0615.